The van der Waals surface area contributed by atoms with Gasteiger partial charge in [-0.25, -0.2) is 0 Å². The molecule has 0 aliphatic heterocycles. The lowest BCUT2D eigenvalue weighted by Crippen LogP contribution is -2.01. The van der Waals surface area contributed by atoms with Crippen molar-refractivity contribution in [2.75, 3.05) is 0 Å². The Morgan fingerprint density at radius 3 is 2.88 bits per heavy atom. The van der Waals surface area contributed by atoms with Crippen LogP contribution in [0.4, 0.5) is 0 Å². The minimum atomic E-state index is -0.537. The van der Waals surface area contributed by atoms with E-state index in [1.807, 2.05) is 19.3 Å². The van der Waals surface area contributed by atoms with E-state index in [9.17, 15) is 5.11 Å². The third kappa shape index (κ3) is 2.68. The van der Waals surface area contributed by atoms with Gasteiger partial charge in [-0.1, -0.05) is 0 Å². The fraction of sp³-hybridized carbons (Fsp3) is 0.273. The molecule has 16 heavy (non-hydrogen) atoms. The first-order chi connectivity index (χ1) is 7.65. The fourth-order valence-corrected chi connectivity index (χ4v) is 1.93. The van der Waals surface area contributed by atoms with Crippen molar-refractivity contribution in [1.29, 1.82) is 0 Å². The minimum absolute atomic E-state index is 0.537. The normalized spacial score (nSPS) is 12.7. The molecule has 0 saturated carbocycles. The number of aliphatic hydroxyl groups excluding tert-OH is 1. The second kappa shape index (κ2) is 4.76. The Labute approximate surface area is 102 Å². The SMILES string of the molecule is Cn1cc(C(O)Cc2cncc(Br)c2)cn1. The number of nitrogens with zero attached hydrogens (tertiary/aromatic N) is 3. The first-order valence-corrected chi connectivity index (χ1v) is 5.70. The highest BCUT2D eigenvalue weighted by molar-refractivity contribution is 9.10. The van der Waals surface area contributed by atoms with Crippen LogP contribution in [0.25, 0.3) is 0 Å². The second-order valence-electron chi connectivity index (χ2n) is 3.68. The molecule has 0 aliphatic carbocycles. The zero-order valence-corrected chi connectivity index (χ0v) is 10.4. The van der Waals surface area contributed by atoms with Gasteiger partial charge >= 0.3 is 0 Å². The van der Waals surface area contributed by atoms with Gasteiger partial charge in [-0.05, 0) is 27.6 Å². The van der Waals surface area contributed by atoms with Crippen molar-refractivity contribution in [2.45, 2.75) is 12.5 Å². The van der Waals surface area contributed by atoms with Crippen LogP contribution < -0.4 is 0 Å². The molecule has 0 fully saturated rings. The van der Waals surface area contributed by atoms with Crippen LogP contribution in [-0.4, -0.2) is 19.9 Å². The Balaban J connectivity index is 2.10. The molecule has 0 aromatic carbocycles. The van der Waals surface area contributed by atoms with Crippen LogP contribution in [0, 0.1) is 0 Å². The molecule has 0 aliphatic rings. The molecule has 4 nitrogen and oxygen atoms in total. The fourth-order valence-electron chi connectivity index (χ4n) is 1.52. The molecular formula is C11H12BrN3O. The van der Waals surface area contributed by atoms with Gasteiger partial charge < -0.3 is 5.11 Å². The van der Waals surface area contributed by atoms with E-state index in [1.54, 1.807) is 23.3 Å². The lowest BCUT2D eigenvalue weighted by molar-refractivity contribution is 0.178. The highest BCUT2D eigenvalue weighted by Gasteiger charge is 2.10. The molecule has 1 unspecified atom stereocenters. The molecule has 0 amide bonds. The number of aryl methyl sites for hydroxylation is 1. The predicted octanol–water partition coefficient (Wildman–Crippen LogP) is 1.85. The summed E-state index contributed by atoms with van der Waals surface area (Å²) >= 11 is 3.35. The van der Waals surface area contributed by atoms with Gasteiger partial charge in [0.25, 0.3) is 0 Å². The summed E-state index contributed by atoms with van der Waals surface area (Å²) < 4.78 is 2.60. The van der Waals surface area contributed by atoms with Gasteiger partial charge in [0.05, 0.1) is 12.3 Å². The van der Waals surface area contributed by atoms with Gasteiger partial charge in [0.1, 0.15) is 0 Å². The number of aliphatic hydroxyl groups is 1. The van der Waals surface area contributed by atoms with E-state index in [1.165, 1.54) is 0 Å². The second-order valence-corrected chi connectivity index (χ2v) is 4.59. The highest BCUT2D eigenvalue weighted by Crippen LogP contribution is 2.18. The van der Waals surface area contributed by atoms with Gasteiger partial charge in [0.15, 0.2) is 0 Å². The van der Waals surface area contributed by atoms with Gasteiger partial charge in [-0.3, -0.25) is 9.67 Å². The third-order valence-corrected chi connectivity index (χ3v) is 2.73. The van der Waals surface area contributed by atoms with Gasteiger partial charge in [-0.2, -0.15) is 5.10 Å². The van der Waals surface area contributed by atoms with Crippen molar-refractivity contribution in [3.8, 4) is 0 Å². The number of aromatic nitrogens is 3. The Kier molecular flexibility index (Phi) is 3.36. The zero-order valence-electron chi connectivity index (χ0n) is 8.84. The van der Waals surface area contributed by atoms with E-state index in [4.69, 9.17) is 0 Å². The topological polar surface area (TPSA) is 50.9 Å². The van der Waals surface area contributed by atoms with E-state index < -0.39 is 6.10 Å². The average Bonchev–Trinajstić information content (AvgIpc) is 2.65. The summed E-state index contributed by atoms with van der Waals surface area (Å²) in [5.41, 5.74) is 1.81. The van der Waals surface area contributed by atoms with Crippen molar-refractivity contribution >= 4 is 15.9 Å². The highest BCUT2D eigenvalue weighted by atomic mass is 79.9. The van der Waals surface area contributed by atoms with E-state index in [0.717, 1.165) is 15.6 Å². The van der Waals surface area contributed by atoms with Crippen LogP contribution in [0.15, 0.2) is 35.3 Å². The van der Waals surface area contributed by atoms with Crippen LogP contribution in [0.2, 0.25) is 0 Å². The van der Waals surface area contributed by atoms with E-state index >= 15 is 0 Å². The van der Waals surface area contributed by atoms with E-state index in [-0.39, 0.29) is 0 Å². The molecule has 2 heterocycles. The molecular weight excluding hydrogens is 270 g/mol. The lowest BCUT2D eigenvalue weighted by atomic mass is 10.1. The maximum Gasteiger partial charge on any atom is 0.0861 e. The first-order valence-electron chi connectivity index (χ1n) is 4.91. The largest absolute Gasteiger partial charge is 0.388 e. The Hall–Kier alpha value is -1.20. The van der Waals surface area contributed by atoms with Crippen LogP contribution >= 0.6 is 15.9 Å². The number of hydrogen-bond acceptors (Lipinski definition) is 3. The molecule has 1 atom stereocenters. The van der Waals surface area contributed by atoms with E-state index in [2.05, 4.69) is 26.0 Å². The third-order valence-electron chi connectivity index (χ3n) is 2.30. The summed E-state index contributed by atoms with van der Waals surface area (Å²) in [7, 11) is 1.83. The number of hydrogen-bond donors (Lipinski definition) is 1. The molecule has 0 bridgehead atoms. The van der Waals surface area contributed by atoms with Crippen molar-refractivity contribution in [3.63, 3.8) is 0 Å². The number of pyridine rings is 1. The summed E-state index contributed by atoms with van der Waals surface area (Å²) in [6.07, 6.45) is 6.97. The maximum absolute atomic E-state index is 9.98. The molecule has 5 heteroatoms. The van der Waals surface area contributed by atoms with Crippen LogP contribution in [0.1, 0.15) is 17.2 Å². The summed E-state index contributed by atoms with van der Waals surface area (Å²) in [6, 6.07) is 1.95. The smallest absolute Gasteiger partial charge is 0.0861 e. The maximum atomic E-state index is 9.98. The summed E-state index contributed by atoms with van der Waals surface area (Å²) in [4.78, 5) is 4.06. The van der Waals surface area contributed by atoms with Crippen molar-refractivity contribution in [1.82, 2.24) is 14.8 Å². The number of rotatable bonds is 3. The first kappa shape index (κ1) is 11.3. The predicted molar refractivity (Wildman–Crippen MR) is 63.8 cm³/mol. The molecule has 0 spiro atoms. The van der Waals surface area contributed by atoms with Crippen molar-refractivity contribution in [3.05, 3.63) is 46.5 Å². The van der Waals surface area contributed by atoms with Gasteiger partial charge in [0.2, 0.25) is 0 Å². The lowest BCUT2D eigenvalue weighted by Gasteiger charge is -2.07. The Morgan fingerprint density at radius 1 is 1.44 bits per heavy atom. The molecule has 2 rings (SSSR count). The molecule has 1 N–H and O–H groups in total. The average molecular weight is 282 g/mol. The summed E-state index contributed by atoms with van der Waals surface area (Å²) in [5.74, 6) is 0. The minimum Gasteiger partial charge on any atom is -0.388 e. The molecule has 2 aromatic heterocycles. The zero-order chi connectivity index (χ0) is 11.5. The van der Waals surface area contributed by atoms with E-state index in [0.29, 0.717) is 6.42 Å². The standard InChI is InChI=1S/C11H12BrN3O/c1-15-7-9(5-14-15)11(16)3-8-2-10(12)6-13-4-8/h2,4-7,11,16H,3H2,1H3. The van der Waals surface area contributed by atoms with Crippen molar-refractivity contribution < 1.29 is 5.11 Å². The monoisotopic (exact) mass is 281 g/mol. The van der Waals surface area contributed by atoms with Crippen LogP contribution in [0.5, 0.6) is 0 Å². The molecule has 0 saturated heterocycles. The molecule has 0 radical (unpaired) electrons. The summed E-state index contributed by atoms with van der Waals surface area (Å²) in [5, 5.41) is 14.0. The Bertz CT molecular complexity index is 484. The van der Waals surface area contributed by atoms with Crippen molar-refractivity contribution in [2.24, 2.45) is 7.05 Å². The van der Waals surface area contributed by atoms with Gasteiger partial charge in [0, 0.05) is 42.1 Å². The molecule has 2 aromatic rings. The summed E-state index contributed by atoms with van der Waals surface area (Å²) in [6.45, 7) is 0. The number of halogens is 1. The van der Waals surface area contributed by atoms with Crippen LogP contribution in [-0.2, 0) is 13.5 Å². The van der Waals surface area contributed by atoms with Gasteiger partial charge in [-0.15, -0.1) is 0 Å². The molecule has 84 valence electrons. The van der Waals surface area contributed by atoms with Crippen LogP contribution in [0.3, 0.4) is 0 Å². The quantitative estimate of drug-likeness (QED) is 0.934. The Morgan fingerprint density at radius 2 is 2.25 bits per heavy atom.